The zero-order valence-corrected chi connectivity index (χ0v) is 16.0. The Kier molecular flexibility index (Phi) is 5.47. The third-order valence-corrected chi connectivity index (χ3v) is 5.19. The molecule has 8 heteroatoms. The Bertz CT molecular complexity index is 967. The van der Waals surface area contributed by atoms with Gasteiger partial charge in [-0.2, -0.15) is 0 Å². The maximum absolute atomic E-state index is 12.8. The zero-order chi connectivity index (χ0) is 19.5. The first-order chi connectivity index (χ1) is 13.6. The van der Waals surface area contributed by atoms with Crippen LogP contribution in [0.15, 0.2) is 48.7 Å². The van der Waals surface area contributed by atoms with Gasteiger partial charge in [-0.3, -0.25) is 14.1 Å². The molecule has 3 heterocycles. The molecule has 2 N–H and O–H groups in total. The molecule has 28 heavy (non-hydrogen) atoms. The number of pyridine rings is 1. The molecule has 1 fully saturated rings. The van der Waals surface area contributed by atoms with Crippen LogP contribution in [0, 0.1) is 0 Å². The lowest BCUT2D eigenvalue weighted by Gasteiger charge is -2.35. The minimum atomic E-state index is -0.272. The number of amides is 1. The van der Waals surface area contributed by atoms with E-state index in [1.807, 2.05) is 24.3 Å². The normalized spacial score (nSPS) is 16.2. The molecule has 0 spiro atoms. The van der Waals surface area contributed by atoms with Crippen LogP contribution in [-0.4, -0.2) is 58.1 Å². The molecule has 1 unspecified atom stereocenters. The number of fused-ring (bicyclic) bond motifs is 1. The predicted octanol–water partition coefficient (Wildman–Crippen LogP) is 2.50. The summed E-state index contributed by atoms with van der Waals surface area (Å²) in [6.45, 7) is 3.34. The molecule has 1 aliphatic heterocycles. The fourth-order valence-corrected chi connectivity index (χ4v) is 3.64. The van der Waals surface area contributed by atoms with E-state index in [9.17, 15) is 9.90 Å². The summed E-state index contributed by atoms with van der Waals surface area (Å²) < 4.78 is 6.90. The van der Waals surface area contributed by atoms with Gasteiger partial charge in [-0.1, -0.05) is 29.8 Å². The molecule has 0 radical (unpaired) electrons. The smallest absolute Gasteiger partial charge is 0.268 e. The summed E-state index contributed by atoms with van der Waals surface area (Å²) in [5.41, 5.74) is 1.94. The van der Waals surface area contributed by atoms with Crippen LogP contribution in [0.1, 0.15) is 22.1 Å². The number of aromatic hydroxyl groups is 1. The number of ether oxygens (including phenoxy) is 1. The molecule has 3 aromatic rings. The molecule has 2 aromatic heterocycles. The summed E-state index contributed by atoms with van der Waals surface area (Å²) in [4.78, 5) is 19.2. The van der Waals surface area contributed by atoms with Crippen LogP contribution in [0.4, 0.5) is 0 Å². The maximum Gasteiger partial charge on any atom is 0.268 e. The molecule has 146 valence electrons. The highest BCUT2D eigenvalue weighted by Gasteiger charge is 2.24. The van der Waals surface area contributed by atoms with Crippen LogP contribution in [0.3, 0.4) is 0 Å². The van der Waals surface area contributed by atoms with Crippen molar-refractivity contribution in [2.45, 2.75) is 6.04 Å². The number of rotatable bonds is 5. The standard InChI is InChI=1S/C20H21ClN4O3/c21-15-6-4-14(5-7-15)17(24-8-10-28-11-9-24)12-23-20(27)16-2-1-3-18-22-13-19(26)25(16)18/h1-7,13,17,26H,8-12H2,(H,23,27). The largest absolute Gasteiger partial charge is 0.493 e. The van der Waals surface area contributed by atoms with Crippen LogP contribution < -0.4 is 5.32 Å². The van der Waals surface area contributed by atoms with Gasteiger partial charge in [0.1, 0.15) is 11.3 Å². The van der Waals surface area contributed by atoms with Crippen molar-refractivity contribution >= 4 is 23.2 Å². The van der Waals surface area contributed by atoms with Crippen molar-refractivity contribution in [3.05, 3.63) is 64.9 Å². The van der Waals surface area contributed by atoms with Crippen LogP contribution in [-0.2, 0) is 4.74 Å². The Labute approximate surface area is 167 Å². The number of carbonyl (C=O) groups is 1. The number of hydrogen-bond donors (Lipinski definition) is 2. The van der Waals surface area contributed by atoms with Crippen molar-refractivity contribution in [2.75, 3.05) is 32.8 Å². The van der Waals surface area contributed by atoms with E-state index in [0.717, 1.165) is 18.7 Å². The predicted molar refractivity (Wildman–Crippen MR) is 106 cm³/mol. The third-order valence-electron chi connectivity index (χ3n) is 4.94. The van der Waals surface area contributed by atoms with Crippen LogP contribution >= 0.6 is 11.6 Å². The number of morpholine rings is 1. The number of imidazole rings is 1. The van der Waals surface area contributed by atoms with Crippen molar-refractivity contribution in [2.24, 2.45) is 0 Å². The number of hydrogen-bond acceptors (Lipinski definition) is 5. The van der Waals surface area contributed by atoms with E-state index >= 15 is 0 Å². The molecule has 0 aliphatic carbocycles. The second-order valence-electron chi connectivity index (χ2n) is 6.65. The summed E-state index contributed by atoms with van der Waals surface area (Å²) in [5.74, 6) is -0.339. The van der Waals surface area contributed by atoms with E-state index in [2.05, 4.69) is 15.2 Å². The van der Waals surface area contributed by atoms with Crippen molar-refractivity contribution in [1.29, 1.82) is 0 Å². The minimum absolute atomic E-state index is 0.000652. The molecule has 0 saturated carbocycles. The topological polar surface area (TPSA) is 79.1 Å². The quantitative estimate of drug-likeness (QED) is 0.688. The van der Waals surface area contributed by atoms with E-state index < -0.39 is 0 Å². The molecular weight excluding hydrogens is 380 g/mol. The van der Waals surface area contributed by atoms with Crippen molar-refractivity contribution < 1.29 is 14.6 Å². The summed E-state index contributed by atoms with van der Waals surface area (Å²) in [7, 11) is 0. The molecule has 1 atom stereocenters. The van der Waals surface area contributed by atoms with Gasteiger partial charge in [0.15, 0.2) is 0 Å². The zero-order valence-electron chi connectivity index (χ0n) is 15.2. The van der Waals surface area contributed by atoms with E-state index in [1.54, 1.807) is 18.2 Å². The molecule has 1 aromatic carbocycles. The Morgan fingerprint density at radius 2 is 1.96 bits per heavy atom. The van der Waals surface area contributed by atoms with Crippen LogP contribution in [0.25, 0.3) is 5.65 Å². The number of carbonyl (C=O) groups excluding carboxylic acids is 1. The molecule has 4 rings (SSSR count). The summed E-state index contributed by atoms with van der Waals surface area (Å²) in [5, 5.41) is 13.7. The summed E-state index contributed by atoms with van der Waals surface area (Å²) in [6, 6.07) is 12.8. The monoisotopic (exact) mass is 400 g/mol. The Hall–Kier alpha value is -2.61. The number of nitrogens with one attached hydrogen (secondary N) is 1. The molecule has 1 saturated heterocycles. The Morgan fingerprint density at radius 1 is 1.21 bits per heavy atom. The molecule has 7 nitrogen and oxygen atoms in total. The van der Waals surface area contributed by atoms with Crippen molar-refractivity contribution in [3.8, 4) is 5.88 Å². The van der Waals surface area contributed by atoms with E-state index in [0.29, 0.717) is 36.1 Å². The minimum Gasteiger partial charge on any atom is -0.493 e. The SMILES string of the molecule is O=C(NCC(c1ccc(Cl)cc1)N1CCOCC1)c1cccc2ncc(O)n12. The first-order valence-corrected chi connectivity index (χ1v) is 9.52. The lowest BCUT2D eigenvalue weighted by atomic mass is 10.0. The highest BCUT2D eigenvalue weighted by Crippen LogP contribution is 2.23. The van der Waals surface area contributed by atoms with E-state index in [1.165, 1.54) is 10.6 Å². The molecule has 0 bridgehead atoms. The lowest BCUT2D eigenvalue weighted by Crippen LogP contribution is -2.44. The first-order valence-electron chi connectivity index (χ1n) is 9.14. The van der Waals surface area contributed by atoms with Crippen LogP contribution in [0.5, 0.6) is 5.88 Å². The molecule has 1 aliphatic rings. The molecule has 1 amide bonds. The van der Waals surface area contributed by atoms with E-state index in [4.69, 9.17) is 16.3 Å². The number of benzene rings is 1. The van der Waals surface area contributed by atoms with Gasteiger partial charge in [0, 0.05) is 24.7 Å². The second kappa shape index (κ2) is 8.18. The maximum atomic E-state index is 12.8. The van der Waals surface area contributed by atoms with Gasteiger partial charge in [-0.15, -0.1) is 0 Å². The lowest BCUT2D eigenvalue weighted by molar-refractivity contribution is 0.0162. The van der Waals surface area contributed by atoms with Gasteiger partial charge >= 0.3 is 0 Å². The van der Waals surface area contributed by atoms with Gasteiger partial charge in [0.25, 0.3) is 5.91 Å². The van der Waals surface area contributed by atoms with Gasteiger partial charge in [-0.05, 0) is 29.8 Å². The first kappa shape index (κ1) is 18.7. The van der Waals surface area contributed by atoms with Crippen LogP contribution in [0.2, 0.25) is 5.02 Å². The average Bonchev–Trinajstić information content (AvgIpc) is 3.11. The summed E-state index contributed by atoms with van der Waals surface area (Å²) >= 11 is 6.03. The van der Waals surface area contributed by atoms with Gasteiger partial charge in [0.05, 0.1) is 25.5 Å². The summed E-state index contributed by atoms with van der Waals surface area (Å²) in [6.07, 6.45) is 1.33. The van der Waals surface area contributed by atoms with E-state index in [-0.39, 0.29) is 17.8 Å². The fraction of sp³-hybridized carbons (Fsp3) is 0.300. The highest BCUT2D eigenvalue weighted by molar-refractivity contribution is 6.30. The third kappa shape index (κ3) is 3.82. The number of nitrogens with zero attached hydrogens (tertiary/aromatic N) is 3. The Balaban J connectivity index is 1.55. The van der Waals surface area contributed by atoms with Gasteiger partial charge in [-0.25, -0.2) is 4.98 Å². The van der Waals surface area contributed by atoms with Gasteiger partial charge < -0.3 is 15.2 Å². The van der Waals surface area contributed by atoms with Crippen molar-refractivity contribution in [1.82, 2.24) is 19.6 Å². The highest BCUT2D eigenvalue weighted by atomic mass is 35.5. The Morgan fingerprint density at radius 3 is 2.71 bits per heavy atom. The number of aromatic nitrogens is 2. The molecular formula is C20H21ClN4O3. The second-order valence-corrected chi connectivity index (χ2v) is 7.08. The van der Waals surface area contributed by atoms with Crippen molar-refractivity contribution in [3.63, 3.8) is 0 Å². The van der Waals surface area contributed by atoms with Gasteiger partial charge in [0.2, 0.25) is 5.88 Å². The average molecular weight is 401 g/mol. The number of halogens is 1. The fourth-order valence-electron chi connectivity index (χ4n) is 3.51.